The number of halogens is 1. The minimum Gasteiger partial charge on any atom is -0.383 e. The molecule has 0 aliphatic carbocycles. The number of nitriles is 2. The number of rotatable bonds is 7. The van der Waals surface area contributed by atoms with Gasteiger partial charge in [0.25, 0.3) is 0 Å². The molecule has 0 amide bonds. The molecule has 11 heteroatoms. The van der Waals surface area contributed by atoms with E-state index in [9.17, 15) is 14.9 Å². The Kier molecular flexibility index (Phi) is 7.23. The average molecular weight is 543 g/mol. The molecule has 202 valence electrons. The highest BCUT2D eigenvalue weighted by Crippen LogP contribution is 2.36. The maximum atomic E-state index is 13.9. The average Bonchev–Trinajstić information content (AvgIpc) is 3.47. The van der Waals surface area contributed by atoms with Crippen LogP contribution in [0.2, 0.25) is 0 Å². The molecule has 3 heterocycles. The second-order valence-electron chi connectivity index (χ2n) is 10.9. The van der Waals surface area contributed by atoms with E-state index >= 15 is 0 Å². The molecule has 4 N–H and O–H groups in total. The van der Waals surface area contributed by atoms with Gasteiger partial charge >= 0.3 is 0 Å². The Morgan fingerprint density at radius 1 is 1.05 bits per heavy atom. The fourth-order valence-corrected chi connectivity index (χ4v) is 4.47. The van der Waals surface area contributed by atoms with Crippen molar-refractivity contribution in [1.29, 1.82) is 10.5 Å². The van der Waals surface area contributed by atoms with Crippen LogP contribution in [0.3, 0.4) is 0 Å². The van der Waals surface area contributed by atoms with Gasteiger partial charge in [0.2, 0.25) is 0 Å². The Morgan fingerprint density at radius 3 is 2.46 bits per heavy atom. The first-order valence-electron chi connectivity index (χ1n) is 12.9. The summed E-state index contributed by atoms with van der Waals surface area (Å²) in [6, 6.07) is 17.4. The maximum Gasteiger partial charge on any atom is 0.123 e. The number of pyridine rings is 2. The molecule has 0 saturated heterocycles. The predicted octanol–water partition coefficient (Wildman–Crippen LogP) is 4.77. The van der Waals surface area contributed by atoms with E-state index in [0.717, 1.165) is 5.69 Å². The molecule has 4 aromatic rings. The van der Waals surface area contributed by atoms with Crippen molar-refractivity contribution in [2.24, 2.45) is 5.41 Å². The van der Waals surface area contributed by atoms with Crippen LogP contribution in [-0.2, 0) is 5.44 Å². The number of aromatic nitrogens is 2. The summed E-state index contributed by atoms with van der Waals surface area (Å²) in [4.78, 5) is 8.58. The van der Waals surface area contributed by atoms with E-state index in [1.54, 1.807) is 41.8 Å². The highest BCUT2D eigenvalue weighted by atomic mass is 19.1. The fourth-order valence-electron chi connectivity index (χ4n) is 4.47. The first-order chi connectivity index (χ1) is 19.6. The monoisotopic (exact) mass is 543 g/mol. The second kappa shape index (κ2) is 10.8. The Morgan fingerprint density at radius 2 is 1.80 bits per heavy atom. The van der Waals surface area contributed by atoms with Crippen molar-refractivity contribution in [3.63, 3.8) is 0 Å². The Hall–Kier alpha value is -5.13. The quantitative estimate of drug-likeness (QED) is 0.244. The topological polar surface area (TPSA) is 125 Å². The van der Waals surface area contributed by atoms with Crippen LogP contribution < -0.4 is 26.6 Å². The summed E-state index contributed by atoms with van der Waals surface area (Å²) in [5.41, 5.74) is 8.72. The lowest BCUT2D eigenvalue weighted by atomic mass is 9.69. The minimum atomic E-state index is -1.41. The lowest BCUT2D eigenvalue weighted by Crippen LogP contribution is -2.45. The standard InChI is InChI=1S/C30H27BFN9/c1-29(2,3)18-37-28-20(14-34)15-36-27-19(13-33)11-23(12-25(27)28)38-30(31,21-6-8-22(32)9-7-21)26-17-41(40-39-26)24-5-4-10-35-16-24/h4-12,15-17,38-40H,18H2,1-3H3,(H,36,37). The number of hydrogen-bond donors (Lipinski definition) is 4. The van der Waals surface area contributed by atoms with Crippen molar-refractivity contribution < 1.29 is 4.39 Å². The van der Waals surface area contributed by atoms with E-state index in [0.29, 0.717) is 51.2 Å². The van der Waals surface area contributed by atoms with Gasteiger partial charge < -0.3 is 16.1 Å². The van der Waals surface area contributed by atoms with E-state index in [1.165, 1.54) is 18.3 Å². The smallest absolute Gasteiger partial charge is 0.123 e. The zero-order chi connectivity index (χ0) is 29.2. The summed E-state index contributed by atoms with van der Waals surface area (Å²) >= 11 is 0. The van der Waals surface area contributed by atoms with Crippen LogP contribution in [0.1, 0.15) is 37.5 Å². The third-order valence-corrected chi connectivity index (χ3v) is 6.57. The maximum absolute atomic E-state index is 13.9. The van der Waals surface area contributed by atoms with Crippen LogP contribution in [-0.4, -0.2) is 24.4 Å². The first-order valence-corrected chi connectivity index (χ1v) is 12.9. The number of anilines is 3. The summed E-state index contributed by atoms with van der Waals surface area (Å²) in [5, 5.41) is 28.9. The number of nitrogens with one attached hydrogen (secondary N) is 4. The molecule has 1 aliphatic heterocycles. The zero-order valence-electron chi connectivity index (χ0n) is 22.8. The van der Waals surface area contributed by atoms with Gasteiger partial charge in [0.05, 0.1) is 45.4 Å². The van der Waals surface area contributed by atoms with E-state index in [4.69, 9.17) is 7.85 Å². The molecule has 0 saturated carbocycles. The Balaban J connectivity index is 1.64. The van der Waals surface area contributed by atoms with Gasteiger partial charge in [-0.1, -0.05) is 32.9 Å². The molecule has 5 rings (SSSR count). The van der Waals surface area contributed by atoms with Gasteiger partial charge in [-0.15, -0.1) is 5.53 Å². The van der Waals surface area contributed by atoms with E-state index < -0.39 is 11.3 Å². The van der Waals surface area contributed by atoms with Gasteiger partial charge in [-0.05, 0) is 47.4 Å². The van der Waals surface area contributed by atoms with Crippen molar-refractivity contribution in [1.82, 2.24) is 20.9 Å². The third-order valence-electron chi connectivity index (χ3n) is 6.57. The molecule has 2 radical (unpaired) electrons. The molecular formula is C30H27BFN9. The van der Waals surface area contributed by atoms with Crippen molar-refractivity contribution >= 4 is 35.8 Å². The van der Waals surface area contributed by atoms with Crippen molar-refractivity contribution in [2.75, 3.05) is 22.2 Å². The minimum absolute atomic E-state index is 0.0704. The van der Waals surface area contributed by atoms with Gasteiger partial charge in [0, 0.05) is 36.2 Å². The van der Waals surface area contributed by atoms with E-state index in [2.05, 4.69) is 64.5 Å². The number of hydrazine groups is 2. The molecule has 2 aromatic heterocycles. The van der Waals surface area contributed by atoms with E-state index in [-0.39, 0.29) is 5.41 Å². The second-order valence-corrected chi connectivity index (χ2v) is 10.9. The molecule has 41 heavy (non-hydrogen) atoms. The predicted molar refractivity (Wildman–Crippen MR) is 158 cm³/mol. The number of nitrogens with zero attached hydrogens (tertiary/aromatic N) is 5. The molecule has 2 aromatic carbocycles. The molecule has 9 nitrogen and oxygen atoms in total. The summed E-state index contributed by atoms with van der Waals surface area (Å²) < 4.78 is 13.9. The molecule has 1 aliphatic rings. The summed E-state index contributed by atoms with van der Waals surface area (Å²) in [5.74, 6) is -0.401. The normalized spacial score (nSPS) is 14.4. The molecule has 0 fully saturated rings. The van der Waals surface area contributed by atoms with Crippen LogP contribution in [0.15, 0.2) is 79.0 Å². The number of benzene rings is 2. The van der Waals surface area contributed by atoms with Gasteiger partial charge in [-0.25, -0.2) is 4.39 Å². The van der Waals surface area contributed by atoms with E-state index in [1.807, 2.05) is 18.2 Å². The lowest BCUT2D eigenvalue weighted by Gasteiger charge is -2.34. The van der Waals surface area contributed by atoms with Crippen LogP contribution in [0.5, 0.6) is 0 Å². The van der Waals surface area contributed by atoms with Gasteiger partial charge in [0.15, 0.2) is 0 Å². The SMILES string of the molecule is [B]C(Nc1cc(C#N)c2ncc(C#N)c(NCC(C)(C)C)c2c1)(C1=CN(c2cccnc2)NN1)c1ccc(F)cc1. The molecule has 0 spiro atoms. The zero-order valence-corrected chi connectivity index (χ0v) is 22.8. The summed E-state index contributed by atoms with van der Waals surface area (Å²) in [6.07, 6.45) is 6.60. The van der Waals surface area contributed by atoms with Crippen LogP contribution in [0.4, 0.5) is 21.5 Å². The molecule has 0 bridgehead atoms. The molecular weight excluding hydrogens is 516 g/mol. The van der Waals surface area contributed by atoms with Crippen molar-refractivity contribution in [2.45, 2.75) is 26.2 Å². The highest BCUT2D eigenvalue weighted by Gasteiger charge is 2.34. The Labute approximate surface area is 239 Å². The molecule has 1 atom stereocenters. The van der Waals surface area contributed by atoms with Crippen molar-refractivity contribution in [3.05, 3.63) is 102 Å². The van der Waals surface area contributed by atoms with Crippen LogP contribution in [0, 0.1) is 33.9 Å². The van der Waals surface area contributed by atoms with Gasteiger partial charge in [-0.2, -0.15) is 10.5 Å². The summed E-state index contributed by atoms with van der Waals surface area (Å²) in [6.45, 7) is 6.84. The first kappa shape index (κ1) is 27.4. The lowest BCUT2D eigenvalue weighted by molar-refractivity contribution is 0.443. The number of fused-ring (bicyclic) bond motifs is 1. The summed E-state index contributed by atoms with van der Waals surface area (Å²) in [7, 11) is 7.08. The fraction of sp³-hybridized carbons (Fsp3) is 0.200. The van der Waals surface area contributed by atoms with Gasteiger partial charge in [-0.3, -0.25) is 15.0 Å². The Bertz CT molecular complexity index is 1700. The van der Waals surface area contributed by atoms with Crippen LogP contribution in [0.25, 0.3) is 10.9 Å². The highest BCUT2D eigenvalue weighted by molar-refractivity contribution is 6.19. The van der Waals surface area contributed by atoms with Crippen molar-refractivity contribution in [3.8, 4) is 12.1 Å². The third kappa shape index (κ3) is 5.62. The number of hydrogen-bond acceptors (Lipinski definition) is 9. The van der Waals surface area contributed by atoms with Gasteiger partial charge in [0.1, 0.15) is 25.8 Å². The van der Waals surface area contributed by atoms with Crippen LogP contribution >= 0.6 is 0 Å². The molecule has 1 unspecified atom stereocenters. The largest absolute Gasteiger partial charge is 0.383 e.